The van der Waals surface area contributed by atoms with E-state index in [2.05, 4.69) is 10.3 Å². The first-order valence-corrected chi connectivity index (χ1v) is 5.68. The Kier molecular flexibility index (Phi) is 3.44. The third-order valence-corrected chi connectivity index (χ3v) is 3.03. The lowest BCUT2D eigenvalue weighted by atomic mass is 10.0. The average Bonchev–Trinajstić information content (AvgIpc) is 2.87. The van der Waals surface area contributed by atoms with Crippen molar-refractivity contribution in [2.45, 2.75) is 32.1 Å². The summed E-state index contributed by atoms with van der Waals surface area (Å²) in [6, 6.07) is 0.301. The van der Waals surface area contributed by atoms with E-state index in [-0.39, 0.29) is 5.69 Å². The minimum absolute atomic E-state index is 0.0524. The first-order valence-electron chi connectivity index (χ1n) is 5.68. The van der Waals surface area contributed by atoms with E-state index in [9.17, 15) is 4.79 Å². The van der Waals surface area contributed by atoms with E-state index in [1.54, 1.807) is 0 Å². The lowest BCUT2D eigenvalue weighted by Crippen LogP contribution is -2.07. The monoisotopic (exact) mass is 224 g/mol. The maximum absolute atomic E-state index is 10.5. The Morgan fingerprint density at radius 2 is 2.31 bits per heavy atom. The van der Waals surface area contributed by atoms with E-state index in [1.807, 2.05) is 0 Å². The molecule has 1 aromatic rings. The van der Waals surface area contributed by atoms with Gasteiger partial charge in [0.25, 0.3) is 6.01 Å². The molecule has 16 heavy (non-hydrogen) atoms. The average molecular weight is 224 g/mol. The number of carboxylic acids is 1. The van der Waals surface area contributed by atoms with E-state index in [1.165, 1.54) is 25.7 Å². The predicted molar refractivity (Wildman–Crippen MR) is 58.5 cm³/mol. The standard InChI is InChI=1S/C11H16N2O3/c14-10(15)9-7-16-11(13-9)12-6-5-8-3-1-2-4-8/h7-8H,1-6H2,(H,12,13)(H,14,15). The lowest BCUT2D eigenvalue weighted by molar-refractivity contribution is 0.0690. The van der Waals surface area contributed by atoms with E-state index in [4.69, 9.17) is 9.52 Å². The van der Waals surface area contributed by atoms with Crippen LogP contribution in [0.15, 0.2) is 10.7 Å². The molecule has 2 N–H and O–H groups in total. The number of carbonyl (C=O) groups is 1. The number of aromatic carboxylic acids is 1. The van der Waals surface area contributed by atoms with Crippen molar-refractivity contribution >= 4 is 12.0 Å². The van der Waals surface area contributed by atoms with Crippen LogP contribution in [0.5, 0.6) is 0 Å². The Bertz CT molecular complexity index is 356. The van der Waals surface area contributed by atoms with Gasteiger partial charge in [-0.1, -0.05) is 25.7 Å². The van der Waals surface area contributed by atoms with Gasteiger partial charge in [-0.3, -0.25) is 0 Å². The lowest BCUT2D eigenvalue weighted by Gasteiger charge is -2.07. The van der Waals surface area contributed by atoms with Crippen LogP contribution >= 0.6 is 0 Å². The van der Waals surface area contributed by atoms with Gasteiger partial charge in [-0.15, -0.1) is 0 Å². The van der Waals surface area contributed by atoms with Crippen molar-refractivity contribution in [3.63, 3.8) is 0 Å². The zero-order valence-corrected chi connectivity index (χ0v) is 9.11. The molecule has 1 heterocycles. The van der Waals surface area contributed by atoms with Crippen LogP contribution in [0.1, 0.15) is 42.6 Å². The molecule has 5 heteroatoms. The van der Waals surface area contributed by atoms with Crippen molar-refractivity contribution in [3.05, 3.63) is 12.0 Å². The van der Waals surface area contributed by atoms with E-state index in [0.29, 0.717) is 6.01 Å². The molecule has 0 radical (unpaired) electrons. The maximum Gasteiger partial charge on any atom is 0.357 e. The van der Waals surface area contributed by atoms with Gasteiger partial charge < -0.3 is 14.8 Å². The smallest absolute Gasteiger partial charge is 0.357 e. The fraction of sp³-hybridized carbons (Fsp3) is 0.636. The zero-order valence-electron chi connectivity index (χ0n) is 9.11. The first kappa shape index (κ1) is 11.0. The molecule has 5 nitrogen and oxygen atoms in total. The van der Waals surface area contributed by atoms with Crippen molar-refractivity contribution in [3.8, 4) is 0 Å². The summed E-state index contributed by atoms with van der Waals surface area (Å²) in [6.07, 6.45) is 7.56. The third kappa shape index (κ3) is 2.74. The summed E-state index contributed by atoms with van der Waals surface area (Å²) in [6.45, 7) is 0.796. The molecule has 0 spiro atoms. The second kappa shape index (κ2) is 5.01. The van der Waals surface area contributed by atoms with Crippen LogP contribution in [-0.2, 0) is 0 Å². The van der Waals surface area contributed by atoms with Gasteiger partial charge in [-0.25, -0.2) is 4.79 Å². The molecule has 0 aromatic carbocycles. The number of oxazole rings is 1. The SMILES string of the molecule is O=C(O)c1coc(NCCC2CCCC2)n1. The molecule has 1 aromatic heterocycles. The molecule has 2 rings (SSSR count). The molecule has 88 valence electrons. The molecule has 0 atom stereocenters. The molecule has 0 bridgehead atoms. The highest BCUT2D eigenvalue weighted by molar-refractivity contribution is 5.85. The summed E-state index contributed by atoms with van der Waals surface area (Å²) in [4.78, 5) is 14.3. The minimum Gasteiger partial charge on any atom is -0.476 e. The molecule has 0 amide bonds. The number of carboxylic acid groups (broad SMARTS) is 1. The number of anilines is 1. The first-order chi connectivity index (χ1) is 7.75. The van der Waals surface area contributed by atoms with Crippen LogP contribution in [0, 0.1) is 5.92 Å². The summed E-state index contributed by atoms with van der Waals surface area (Å²) in [5.74, 6) is -0.256. The van der Waals surface area contributed by atoms with Gasteiger partial charge in [0.15, 0.2) is 5.69 Å². The number of nitrogens with one attached hydrogen (secondary N) is 1. The minimum atomic E-state index is -1.06. The Hall–Kier alpha value is -1.52. The Morgan fingerprint density at radius 1 is 1.56 bits per heavy atom. The molecule has 0 aliphatic heterocycles. The van der Waals surface area contributed by atoms with Gasteiger partial charge in [0.05, 0.1) is 0 Å². The van der Waals surface area contributed by atoms with Gasteiger partial charge in [-0.2, -0.15) is 4.98 Å². The highest BCUT2D eigenvalue weighted by Gasteiger charge is 2.15. The Labute approximate surface area is 93.9 Å². The van der Waals surface area contributed by atoms with Gasteiger partial charge >= 0.3 is 5.97 Å². The highest BCUT2D eigenvalue weighted by Crippen LogP contribution is 2.27. The van der Waals surface area contributed by atoms with Crippen LogP contribution in [0.3, 0.4) is 0 Å². The van der Waals surface area contributed by atoms with Gasteiger partial charge in [0.2, 0.25) is 0 Å². The topological polar surface area (TPSA) is 75.4 Å². The van der Waals surface area contributed by atoms with E-state index >= 15 is 0 Å². The van der Waals surface area contributed by atoms with Crippen molar-refractivity contribution in [1.82, 2.24) is 4.98 Å². The second-order valence-corrected chi connectivity index (χ2v) is 4.21. The third-order valence-electron chi connectivity index (χ3n) is 3.03. The molecule has 1 saturated carbocycles. The highest BCUT2D eigenvalue weighted by atomic mass is 16.4. The predicted octanol–water partition coefficient (Wildman–Crippen LogP) is 2.37. The zero-order chi connectivity index (χ0) is 11.4. The summed E-state index contributed by atoms with van der Waals surface area (Å²) in [7, 11) is 0. The molecule has 1 aliphatic rings. The molecule has 1 fully saturated rings. The molecule has 1 aliphatic carbocycles. The number of hydrogen-bond donors (Lipinski definition) is 2. The van der Waals surface area contributed by atoms with E-state index < -0.39 is 5.97 Å². The fourth-order valence-electron chi connectivity index (χ4n) is 2.14. The number of hydrogen-bond acceptors (Lipinski definition) is 4. The Balaban J connectivity index is 1.74. The second-order valence-electron chi connectivity index (χ2n) is 4.21. The molecular formula is C11H16N2O3. The van der Waals surface area contributed by atoms with Crippen molar-refractivity contribution in [2.75, 3.05) is 11.9 Å². The number of nitrogens with zero attached hydrogens (tertiary/aromatic N) is 1. The van der Waals surface area contributed by atoms with Gasteiger partial charge in [-0.05, 0) is 12.3 Å². The van der Waals surface area contributed by atoms with Crippen molar-refractivity contribution in [2.24, 2.45) is 5.92 Å². The fourth-order valence-corrected chi connectivity index (χ4v) is 2.14. The number of aromatic nitrogens is 1. The summed E-state index contributed by atoms with van der Waals surface area (Å²) in [5.41, 5.74) is -0.0524. The summed E-state index contributed by atoms with van der Waals surface area (Å²) in [5, 5.41) is 11.7. The van der Waals surface area contributed by atoms with Crippen LogP contribution in [0.2, 0.25) is 0 Å². The van der Waals surface area contributed by atoms with Crippen LogP contribution < -0.4 is 5.32 Å². The quantitative estimate of drug-likeness (QED) is 0.803. The van der Waals surface area contributed by atoms with Gasteiger partial charge in [0, 0.05) is 6.54 Å². The Morgan fingerprint density at radius 3 is 2.94 bits per heavy atom. The van der Waals surface area contributed by atoms with Crippen LogP contribution in [-0.4, -0.2) is 22.6 Å². The molecule has 0 unspecified atom stereocenters. The van der Waals surface area contributed by atoms with Crippen molar-refractivity contribution in [1.29, 1.82) is 0 Å². The molecule has 0 saturated heterocycles. The largest absolute Gasteiger partial charge is 0.476 e. The van der Waals surface area contributed by atoms with Crippen LogP contribution in [0.25, 0.3) is 0 Å². The number of rotatable bonds is 5. The summed E-state index contributed by atoms with van der Waals surface area (Å²) < 4.78 is 4.99. The molecular weight excluding hydrogens is 208 g/mol. The maximum atomic E-state index is 10.5. The summed E-state index contributed by atoms with van der Waals surface area (Å²) >= 11 is 0. The van der Waals surface area contributed by atoms with E-state index in [0.717, 1.165) is 25.1 Å². The van der Waals surface area contributed by atoms with Crippen LogP contribution in [0.4, 0.5) is 6.01 Å². The van der Waals surface area contributed by atoms with Crippen molar-refractivity contribution < 1.29 is 14.3 Å². The van der Waals surface area contributed by atoms with Gasteiger partial charge in [0.1, 0.15) is 6.26 Å². The normalized spacial score (nSPS) is 16.5.